The number of hydrogen-bond donors (Lipinski definition) is 1. The van der Waals surface area contributed by atoms with Gasteiger partial charge in [0.2, 0.25) is 0 Å². The van der Waals surface area contributed by atoms with Crippen LogP contribution in [0.4, 0.5) is 5.69 Å². The van der Waals surface area contributed by atoms with E-state index in [2.05, 4.69) is 11.0 Å². The molecule has 2 fully saturated rings. The molecule has 1 saturated carbocycles. The lowest BCUT2D eigenvalue weighted by molar-refractivity contribution is -0.131. The summed E-state index contributed by atoms with van der Waals surface area (Å²) >= 11 is 0. The topological polar surface area (TPSA) is 40.5 Å². The van der Waals surface area contributed by atoms with E-state index in [-0.39, 0.29) is 0 Å². The lowest BCUT2D eigenvalue weighted by Crippen LogP contribution is -2.39. The van der Waals surface area contributed by atoms with Gasteiger partial charge in [0.1, 0.15) is 0 Å². The highest BCUT2D eigenvalue weighted by atomic mass is 16.4. The van der Waals surface area contributed by atoms with Gasteiger partial charge in [-0.25, -0.2) is 4.79 Å². The van der Waals surface area contributed by atoms with Crippen LogP contribution in [0, 0.1) is 5.41 Å². The normalized spacial score (nSPS) is 21.2. The first kappa shape index (κ1) is 14.2. The van der Waals surface area contributed by atoms with Crippen molar-refractivity contribution in [2.75, 3.05) is 18.0 Å². The average molecular weight is 285 g/mol. The smallest absolute Gasteiger partial charge is 0.328 e. The minimum absolute atomic E-state index is 0.613. The monoisotopic (exact) mass is 285 g/mol. The zero-order valence-corrected chi connectivity index (χ0v) is 12.4. The van der Waals surface area contributed by atoms with Crippen molar-refractivity contribution in [1.29, 1.82) is 0 Å². The van der Waals surface area contributed by atoms with E-state index < -0.39 is 5.97 Å². The number of para-hydroxylation sites is 1. The van der Waals surface area contributed by atoms with Gasteiger partial charge in [-0.3, -0.25) is 0 Å². The van der Waals surface area contributed by atoms with Gasteiger partial charge in [0, 0.05) is 24.9 Å². The molecule has 0 aromatic heterocycles. The Hall–Kier alpha value is -1.77. The third-order valence-corrected chi connectivity index (χ3v) is 5.17. The maximum atomic E-state index is 10.7. The number of piperidine rings is 1. The Morgan fingerprint density at radius 2 is 1.76 bits per heavy atom. The van der Waals surface area contributed by atoms with Crippen LogP contribution in [0.5, 0.6) is 0 Å². The third kappa shape index (κ3) is 3.12. The summed E-state index contributed by atoms with van der Waals surface area (Å²) in [7, 11) is 0. The summed E-state index contributed by atoms with van der Waals surface area (Å²) in [6, 6.07) is 8.10. The van der Waals surface area contributed by atoms with E-state index in [0.717, 1.165) is 18.7 Å². The second kappa shape index (κ2) is 5.92. The largest absolute Gasteiger partial charge is 0.478 e. The van der Waals surface area contributed by atoms with Crippen molar-refractivity contribution >= 4 is 17.7 Å². The zero-order chi connectivity index (χ0) is 14.7. The summed E-state index contributed by atoms with van der Waals surface area (Å²) in [4.78, 5) is 13.2. The lowest BCUT2D eigenvalue weighted by atomic mass is 9.77. The number of anilines is 1. The first-order valence-electron chi connectivity index (χ1n) is 7.94. The molecule has 1 aliphatic heterocycles. The molecule has 1 aromatic rings. The molecule has 3 nitrogen and oxygen atoms in total. The molecule has 1 spiro atoms. The fourth-order valence-electron chi connectivity index (χ4n) is 3.92. The molecule has 0 radical (unpaired) electrons. The highest BCUT2D eigenvalue weighted by Gasteiger charge is 2.37. The van der Waals surface area contributed by atoms with Gasteiger partial charge in [0.25, 0.3) is 0 Å². The summed E-state index contributed by atoms with van der Waals surface area (Å²) in [6.07, 6.45) is 11.1. The Bertz CT molecular complexity index is 534. The van der Waals surface area contributed by atoms with Crippen LogP contribution in [0.2, 0.25) is 0 Å². The van der Waals surface area contributed by atoms with Gasteiger partial charge in [-0.1, -0.05) is 31.0 Å². The molecule has 0 amide bonds. The predicted molar refractivity (Wildman–Crippen MR) is 85.5 cm³/mol. The van der Waals surface area contributed by atoms with Crippen LogP contribution < -0.4 is 4.90 Å². The molecule has 1 saturated heterocycles. The molecule has 0 bridgehead atoms. The van der Waals surface area contributed by atoms with Crippen LogP contribution in [-0.2, 0) is 4.79 Å². The van der Waals surface area contributed by atoms with E-state index in [9.17, 15) is 4.79 Å². The number of hydrogen-bond acceptors (Lipinski definition) is 2. The molecule has 2 aliphatic rings. The molecule has 1 aromatic carbocycles. The fourth-order valence-corrected chi connectivity index (χ4v) is 3.92. The highest BCUT2D eigenvalue weighted by Crippen LogP contribution is 2.46. The second-order valence-electron chi connectivity index (χ2n) is 6.42. The van der Waals surface area contributed by atoms with Crippen LogP contribution in [0.1, 0.15) is 44.1 Å². The van der Waals surface area contributed by atoms with Gasteiger partial charge in [-0.15, -0.1) is 0 Å². The number of carboxylic acids is 1. The van der Waals surface area contributed by atoms with Crippen LogP contribution in [-0.4, -0.2) is 24.2 Å². The first-order chi connectivity index (χ1) is 10.2. The molecule has 1 N–H and O–H groups in total. The molecule has 1 heterocycles. The van der Waals surface area contributed by atoms with Crippen molar-refractivity contribution in [3.63, 3.8) is 0 Å². The Balaban J connectivity index is 1.74. The number of benzene rings is 1. The Kier molecular flexibility index (Phi) is 4.00. The highest BCUT2D eigenvalue weighted by molar-refractivity contribution is 5.87. The zero-order valence-electron chi connectivity index (χ0n) is 12.4. The van der Waals surface area contributed by atoms with E-state index in [0.29, 0.717) is 5.41 Å². The van der Waals surface area contributed by atoms with Crippen LogP contribution >= 0.6 is 0 Å². The number of rotatable bonds is 3. The van der Waals surface area contributed by atoms with Crippen LogP contribution in [0.25, 0.3) is 6.08 Å². The SMILES string of the molecule is O=C(O)C=Cc1ccccc1N1CCC2(CCCC2)CC1. The summed E-state index contributed by atoms with van der Waals surface area (Å²) in [5.41, 5.74) is 2.78. The standard InChI is InChI=1S/C18H23NO2/c20-17(21)8-7-15-5-1-2-6-16(15)19-13-11-18(12-14-19)9-3-4-10-18/h1-2,5-8H,3-4,9-14H2,(H,20,21). The third-order valence-electron chi connectivity index (χ3n) is 5.17. The summed E-state index contributed by atoms with van der Waals surface area (Å²) < 4.78 is 0. The predicted octanol–water partition coefficient (Wildman–Crippen LogP) is 3.95. The van der Waals surface area contributed by atoms with Crippen molar-refractivity contribution in [1.82, 2.24) is 0 Å². The van der Waals surface area contributed by atoms with Crippen molar-refractivity contribution in [3.05, 3.63) is 35.9 Å². The van der Waals surface area contributed by atoms with Crippen LogP contribution in [0.3, 0.4) is 0 Å². The average Bonchev–Trinajstić information content (AvgIpc) is 2.95. The number of carbonyl (C=O) groups is 1. The van der Waals surface area contributed by atoms with Gasteiger partial charge in [-0.05, 0) is 48.8 Å². The second-order valence-corrected chi connectivity index (χ2v) is 6.42. The van der Waals surface area contributed by atoms with Gasteiger partial charge in [-0.2, -0.15) is 0 Å². The van der Waals surface area contributed by atoms with E-state index in [1.54, 1.807) is 6.08 Å². The molecule has 112 valence electrons. The van der Waals surface area contributed by atoms with E-state index in [1.165, 1.54) is 50.3 Å². The molecule has 0 atom stereocenters. The minimum Gasteiger partial charge on any atom is -0.478 e. The van der Waals surface area contributed by atoms with E-state index >= 15 is 0 Å². The molecular weight excluding hydrogens is 262 g/mol. The van der Waals surface area contributed by atoms with E-state index in [1.807, 2.05) is 18.2 Å². The van der Waals surface area contributed by atoms with Crippen LogP contribution in [0.15, 0.2) is 30.3 Å². The molecule has 0 unspecified atom stereocenters. The number of carboxylic acid groups (broad SMARTS) is 1. The minimum atomic E-state index is -0.895. The quantitative estimate of drug-likeness (QED) is 0.855. The lowest BCUT2D eigenvalue weighted by Gasteiger charge is -2.41. The summed E-state index contributed by atoms with van der Waals surface area (Å²) in [5, 5.41) is 8.81. The fraction of sp³-hybridized carbons (Fsp3) is 0.500. The molecule has 3 heteroatoms. The maximum absolute atomic E-state index is 10.7. The molecule has 3 rings (SSSR count). The Morgan fingerprint density at radius 1 is 1.10 bits per heavy atom. The Morgan fingerprint density at radius 3 is 2.43 bits per heavy atom. The van der Waals surface area contributed by atoms with Gasteiger partial charge in [0.15, 0.2) is 0 Å². The van der Waals surface area contributed by atoms with Gasteiger partial charge in [0.05, 0.1) is 0 Å². The molecule has 1 aliphatic carbocycles. The van der Waals surface area contributed by atoms with Crippen molar-refractivity contribution < 1.29 is 9.90 Å². The van der Waals surface area contributed by atoms with Gasteiger partial charge >= 0.3 is 5.97 Å². The van der Waals surface area contributed by atoms with Crippen molar-refractivity contribution in [3.8, 4) is 0 Å². The van der Waals surface area contributed by atoms with E-state index in [4.69, 9.17) is 5.11 Å². The van der Waals surface area contributed by atoms with Gasteiger partial charge < -0.3 is 10.0 Å². The summed E-state index contributed by atoms with van der Waals surface area (Å²) in [6.45, 7) is 2.19. The first-order valence-corrected chi connectivity index (χ1v) is 7.94. The van der Waals surface area contributed by atoms with Crippen molar-refractivity contribution in [2.45, 2.75) is 38.5 Å². The summed E-state index contributed by atoms with van der Waals surface area (Å²) in [5.74, 6) is -0.895. The Labute approximate surface area is 126 Å². The number of aliphatic carboxylic acids is 1. The molecule has 21 heavy (non-hydrogen) atoms. The molecular formula is C18H23NO2. The number of nitrogens with zero attached hydrogens (tertiary/aromatic N) is 1. The maximum Gasteiger partial charge on any atom is 0.328 e. The van der Waals surface area contributed by atoms with Crippen molar-refractivity contribution in [2.24, 2.45) is 5.41 Å².